The monoisotopic (exact) mass is 810 g/mol. The minimum atomic E-state index is -4.07. The average Bonchev–Trinajstić information content (AvgIpc) is 3.41. The van der Waals surface area contributed by atoms with Crippen LogP contribution in [0.15, 0.2) is 120 Å². The quantitative estimate of drug-likeness (QED) is 0.0365. The van der Waals surface area contributed by atoms with Gasteiger partial charge in [-0.15, -0.1) is 0 Å². The number of para-hydroxylation sites is 1. The van der Waals surface area contributed by atoms with Crippen molar-refractivity contribution in [2.24, 2.45) is 0 Å². The zero-order valence-electron chi connectivity index (χ0n) is 33.1. The molecule has 1 aromatic carbocycles. The molecular formula is C42H60FN6O7P. The van der Waals surface area contributed by atoms with Crippen LogP contribution in [0.2, 0.25) is 0 Å². The number of nitrogen functional groups attached to an aromatic ring is 1. The number of aromatic nitrogens is 2. The molecule has 0 bridgehead atoms. The largest absolute Gasteiger partial charge is 0.458 e. The van der Waals surface area contributed by atoms with Gasteiger partial charge in [0.05, 0.1) is 6.61 Å². The van der Waals surface area contributed by atoms with E-state index in [4.69, 9.17) is 19.5 Å². The maximum Gasteiger partial charge on any atom is 0.458 e. The number of allylic oxidation sites excluding steroid dienone is 12. The van der Waals surface area contributed by atoms with Gasteiger partial charge in [0.1, 0.15) is 23.8 Å². The van der Waals surface area contributed by atoms with Crippen LogP contribution in [0.3, 0.4) is 0 Å². The van der Waals surface area contributed by atoms with Gasteiger partial charge in [-0.2, -0.15) is 4.98 Å². The lowest BCUT2D eigenvalue weighted by Crippen LogP contribution is -2.43. The van der Waals surface area contributed by atoms with Crippen LogP contribution in [0, 0.1) is 0 Å². The van der Waals surface area contributed by atoms with Crippen molar-refractivity contribution in [2.45, 2.75) is 89.3 Å². The molecule has 5 atom stereocenters. The van der Waals surface area contributed by atoms with Crippen molar-refractivity contribution < 1.29 is 32.6 Å². The second-order valence-electron chi connectivity index (χ2n) is 13.3. The second kappa shape index (κ2) is 26.5. The molecule has 1 aliphatic rings. The summed E-state index contributed by atoms with van der Waals surface area (Å²) in [6.07, 6.45) is 29.1. The molecule has 0 radical (unpaired) electrons. The van der Waals surface area contributed by atoms with Crippen LogP contribution < -0.4 is 31.7 Å². The number of nitrogens with one attached hydrogen (secondary N) is 3. The Morgan fingerprint density at radius 2 is 1.51 bits per heavy atom. The predicted molar refractivity (Wildman–Crippen MR) is 224 cm³/mol. The van der Waals surface area contributed by atoms with Crippen LogP contribution in [0.5, 0.6) is 5.75 Å². The molecule has 15 heteroatoms. The number of aliphatic hydroxyl groups is 1. The standard InChI is InChI=1S/C42H60FN6O7P/c1-3-4-5-6-7-8-9-10-11-12-13-14-15-16-17-18-19-20-24-27-38(50)46-31-29-45-30-32-47-57(53,56-35-25-22-21-23-26-35)54-34-36-39(51)42(2,43)40(55-36)49-33-28-37(44)48-41(49)52/h4-5,7-8,10-11,13-14,16-17,19-23,25-26,28,33,36,39-40,45,51H,3,6,9,12,15,18,24,27,29-32,34H2,1-2H3,(H,46,50)(H,47,53)(H2,44,48,52). The lowest BCUT2D eigenvalue weighted by atomic mass is 9.98. The third-order valence-corrected chi connectivity index (χ3v) is 10.1. The highest BCUT2D eigenvalue weighted by Crippen LogP contribution is 2.47. The molecule has 5 unspecified atom stereocenters. The lowest BCUT2D eigenvalue weighted by Gasteiger charge is -2.25. The number of hydrogen-bond donors (Lipinski definition) is 5. The van der Waals surface area contributed by atoms with Crippen LogP contribution in [-0.4, -0.2) is 71.2 Å². The zero-order valence-corrected chi connectivity index (χ0v) is 34.0. The smallest absolute Gasteiger partial charge is 0.413 e. The summed E-state index contributed by atoms with van der Waals surface area (Å²) in [5.74, 6) is 0.157. The maximum absolute atomic E-state index is 15.7. The topological polar surface area (TPSA) is 179 Å². The van der Waals surface area contributed by atoms with Crippen molar-refractivity contribution >= 4 is 19.5 Å². The Morgan fingerprint density at radius 3 is 2.11 bits per heavy atom. The van der Waals surface area contributed by atoms with E-state index in [2.05, 4.69) is 94.5 Å². The minimum absolute atomic E-state index is 0.0489. The number of aliphatic hydroxyl groups excluding tert-OH is 1. The van der Waals surface area contributed by atoms with E-state index in [0.29, 0.717) is 32.5 Å². The molecule has 13 nitrogen and oxygen atoms in total. The molecule has 2 heterocycles. The van der Waals surface area contributed by atoms with Gasteiger partial charge in [0, 0.05) is 38.8 Å². The predicted octanol–water partition coefficient (Wildman–Crippen LogP) is 6.79. The number of carbonyl (C=O) groups excluding carboxylic acids is 1. The zero-order chi connectivity index (χ0) is 41.2. The fourth-order valence-corrected chi connectivity index (χ4v) is 6.83. The van der Waals surface area contributed by atoms with Crippen molar-refractivity contribution in [1.29, 1.82) is 0 Å². The van der Waals surface area contributed by atoms with Crippen LogP contribution in [0.1, 0.15) is 71.4 Å². The SMILES string of the molecule is CCC=CCC=CCC=CCC=CCC=CCC=CCCC(=O)NCCNCCNP(=O)(OCC1OC(n2ccc(N)nc2=O)C(C)(F)C1O)Oc1ccccc1. The Morgan fingerprint density at radius 1 is 0.930 bits per heavy atom. The van der Waals surface area contributed by atoms with Crippen LogP contribution in [0.25, 0.3) is 0 Å². The summed E-state index contributed by atoms with van der Waals surface area (Å²) in [4.78, 5) is 28.2. The number of carbonyl (C=O) groups is 1. The van der Waals surface area contributed by atoms with E-state index < -0.39 is 44.1 Å². The van der Waals surface area contributed by atoms with E-state index >= 15 is 4.39 Å². The lowest BCUT2D eigenvalue weighted by molar-refractivity contribution is -0.120. The third-order valence-electron chi connectivity index (χ3n) is 8.56. The third kappa shape index (κ3) is 18.1. The van der Waals surface area contributed by atoms with Gasteiger partial charge >= 0.3 is 13.4 Å². The highest BCUT2D eigenvalue weighted by Gasteiger charge is 2.55. The van der Waals surface area contributed by atoms with Crippen molar-refractivity contribution in [3.05, 3.63) is 126 Å². The van der Waals surface area contributed by atoms with Crippen LogP contribution >= 0.6 is 7.75 Å². The Bertz CT molecular complexity index is 1760. The number of halogens is 1. The number of hydrogen-bond acceptors (Lipinski definition) is 10. The molecule has 312 valence electrons. The normalized spacial score (nSPS) is 21.2. The number of nitrogens with two attached hydrogens (primary N) is 1. The molecule has 0 saturated carbocycles. The number of anilines is 1. The second-order valence-corrected chi connectivity index (χ2v) is 15.1. The molecule has 1 aliphatic heterocycles. The van der Waals surface area contributed by atoms with Gasteiger partial charge in [-0.25, -0.2) is 18.8 Å². The van der Waals surface area contributed by atoms with Gasteiger partial charge in [-0.3, -0.25) is 13.9 Å². The van der Waals surface area contributed by atoms with Gasteiger partial charge in [-0.1, -0.05) is 98.0 Å². The first-order valence-corrected chi connectivity index (χ1v) is 21.1. The van der Waals surface area contributed by atoms with Crippen LogP contribution in [-0.2, 0) is 18.6 Å². The molecule has 2 aromatic rings. The highest BCUT2D eigenvalue weighted by atomic mass is 31.2. The average molecular weight is 811 g/mol. The summed E-state index contributed by atoms with van der Waals surface area (Å²) >= 11 is 0. The van der Waals surface area contributed by atoms with Gasteiger partial charge in [0.15, 0.2) is 11.9 Å². The van der Waals surface area contributed by atoms with Gasteiger partial charge in [0.2, 0.25) is 5.91 Å². The fraction of sp³-hybridized carbons (Fsp3) is 0.452. The molecule has 1 aromatic heterocycles. The van der Waals surface area contributed by atoms with Crippen LogP contribution in [0.4, 0.5) is 10.2 Å². The molecule has 57 heavy (non-hydrogen) atoms. The summed E-state index contributed by atoms with van der Waals surface area (Å²) in [5.41, 5.74) is 2.27. The number of benzene rings is 1. The summed E-state index contributed by atoms with van der Waals surface area (Å²) in [7, 11) is -4.07. The first-order chi connectivity index (χ1) is 27.6. The Labute approximate surface area is 336 Å². The summed E-state index contributed by atoms with van der Waals surface area (Å²) in [5, 5.41) is 19.5. The number of amides is 1. The fourth-order valence-electron chi connectivity index (χ4n) is 5.49. The number of rotatable bonds is 27. The first kappa shape index (κ1) is 46.9. The minimum Gasteiger partial charge on any atom is -0.413 e. The molecule has 0 spiro atoms. The Balaban J connectivity index is 1.29. The molecule has 1 amide bonds. The number of nitrogens with zero attached hydrogens (tertiary/aromatic N) is 2. The molecule has 6 N–H and O–H groups in total. The van der Waals surface area contributed by atoms with Crippen molar-refractivity contribution in [1.82, 2.24) is 25.3 Å². The van der Waals surface area contributed by atoms with Crippen molar-refractivity contribution in [3.63, 3.8) is 0 Å². The molecule has 1 saturated heterocycles. The van der Waals surface area contributed by atoms with Crippen molar-refractivity contribution in [3.8, 4) is 5.75 Å². The van der Waals surface area contributed by atoms with E-state index in [1.54, 1.807) is 30.3 Å². The van der Waals surface area contributed by atoms with E-state index in [1.807, 2.05) is 6.08 Å². The first-order valence-electron chi connectivity index (χ1n) is 19.5. The number of ether oxygens (including phenoxy) is 1. The van der Waals surface area contributed by atoms with E-state index in [9.17, 15) is 19.3 Å². The Hall–Kier alpha value is -4.43. The summed E-state index contributed by atoms with van der Waals surface area (Å²) < 4.78 is 47.3. The highest BCUT2D eigenvalue weighted by molar-refractivity contribution is 7.52. The van der Waals surface area contributed by atoms with E-state index in [1.165, 1.54) is 12.3 Å². The van der Waals surface area contributed by atoms with E-state index in [-0.39, 0.29) is 24.0 Å². The summed E-state index contributed by atoms with van der Waals surface area (Å²) in [6.45, 7) is 4.07. The van der Waals surface area contributed by atoms with E-state index in [0.717, 1.165) is 50.0 Å². The molecule has 0 aliphatic carbocycles. The van der Waals surface area contributed by atoms with Gasteiger partial charge < -0.3 is 30.7 Å². The molecule has 3 rings (SSSR count). The van der Waals surface area contributed by atoms with Crippen molar-refractivity contribution in [2.75, 3.05) is 38.5 Å². The maximum atomic E-state index is 15.7. The van der Waals surface area contributed by atoms with Gasteiger partial charge in [0.25, 0.3) is 0 Å². The molecule has 1 fully saturated rings. The molecular weight excluding hydrogens is 750 g/mol. The summed E-state index contributed by atoms with van der Waals surface area (Å²) in [6, 6.07) is 9.65. The number of alkyl halides is 1. The van der Waals surface area contributed by atoms with Gasteiger partial charge in [-0.05, 0) is 70.1 Å². The Kier molecular flexibility index (Phi) is 21.8.